The molecule has 0 unspecified atom stereocenters. The highest BCUT2D eigenvalue weighted by Crippen LogP contribution is 2.32. The number of carbonyl (C=O) groups excluding carboxylic acids is 1. The lowest BCUT2D eigenvalue weighted by molar-refractivity contribution is -0.118. The summed E-state index contributed by atoms with van der Waals surface area (Å²) >= 11 is 0. The number of halogens is 1. The molecule has 0 spiro atoms. The van der Waals surface area contributed by atoms with Gasteiger partial charge in [0.2, 0.25) is 5.95 Å². The number of likely N-dealkylation sites (N-methyl/N-ethyl adjacent to an activating group) is 1. The van der Waals surface area contributed by atoms with Gasteiger partial charge in [-0.3, -0.25) is 4.79 Å². The fourth-order valence-electron chi connectivity index (χ4n) is 4.21. The number of rotatable bonds is 6. The molecule has 0 aliphatic carbocycles. The number of carbonyl (C=O) groups is 1. The third-order valence-electron chi connectivity index (χ3n) is 6.24. The molecule has 0 atom stereocenters. The zero-order valence-electron chi connectivity index (χ0n) is 20.5. The Morgan fingerprint density at radius 2 is 1.89 bits per heavy atom. The van der Waals surface area contributed by atoms with Crippen molar-refractivity contribution in [3.63, 3.8) is 0 Å². The van der Waals surface area contributed by atoms with Crippen LogP contribution in [0.2, 0.25) is 0 Å². The number of piperazine rings is 1. The van der Waals surface area contributed by atoms with E-state index in [2.05, 4.69) is 79.8 Å². The maximum Gasteiger partial charge on any atom is 0.263 e. The van der Waals surface area contributed by atoms with Crippen LogP contribution >= 0.6 is 0 Å². The van der Waals surface area contributed by atoms with Gasteiger partial charge in [-0.25, -0.2) is 14.4 Å². The van der Waals surface area contributed by atoms with Crippen LogP contribution in [0.4, 0.5) is 39.2 Å². The van der Waals surface area contributed by atoms with Gasteiger partial charge in [0.05, 0.1) is 6.20 Å². The van der Waals surface area contributed by atoms with Gasteiger partial charge in [0.15, 0.2) is 29.8 Å². The maximum absolute atomic E-state index is 14.6. The first kappa shape index (κ1) is 23.7. The minimum Gasteiger partial charge on any atom is -0.480 e. The summed E-state index contributed by atoms with van der Waals surface area (Å²) in [5.74, 6) is 0.586. The molecule has 1 saturated heterocycles. The summed E-state index contributed by atoms with van der Waals surface area (Å²) in [4.78, 5) is 29.1. The number of hydrogen-bond acceptors (Lipinski definition) is 9. The lowest BCUT2D eigenvalue weighted by Gasteiger charge is -2.34. The van der Waals surface area contributed by atoms with Gasteiger partial charge in [0.1, 0.15) is 5.82 Å². The van der Waals surface area contributed by atoms with Gasteiger partial charge >= 0.3 is 0 Å². The molecule has 2 aromatic heterocycles. The van der Waals surface area contributed by atoms with Crippen molar-refractivity contribution >= 4 is 40.7 Å². The lowest BCUT2D eigenvalue weighted by Crippen LogP contribution is -2.44. The van der Waals surface area contributed by atoms with Crippen molar-refractivity contribution in [2.45, 2.75) is 19.8 Å². The molecule has 2 aliphatic heterocycles. The standard InChI is InChI=1S/C25H29FN8O2/c1-15(2)17-5-4-16(34-10-8-33(3)9-11-34)12-19(17)28-25-27-13-18(26)23(32-25)29-21-7-6-20-24(30-21)31-22(35)14-36-20/h4-7,12-13,15H,8-11,14H2,1-3H3,(H3,27,28,29,30,31,32,35). The molecule has 11 heteroatoms. The van der Waals surface area contributed by atoms with E-state index in [1.165, 1.54) is 0 Å². The van der Waals surface area contributed by atoms with E-state index < -0.39 is 5.82 Å². The molecule has 5 rings (SSSR count). The van der Waals surface area contributed by atoms with E-state index in [9.17, 15) is 9.18 Å². The Hall–Kier alpha value is -3.99. The molecular formula is C25H29FN8O2. The number of nitrogens with one attached hydrogen (secondary N) is 3. The predicted molar refractivity (Wildman–Crippen MR) is 137 cm³/mol. The summed E-state index contributed by atoms with van der Waals surface area (Å²) in [6.07, 6.45) is 1.11. The van der Waals surface area contributed by atoms with E-state index >= 15 is 0 Å². The number of fused-ring (bicyclic) bond motifs is 1. The molecule has 3 N–H and O–H groups in total. The molecule has 4 heterocycles. The van der Waals surface area contributed by atoms with E-state index in [4.69, 9.17) is 4.74 Å². The van der Waals surface area contributed by atoms with Crippen LogP contribution in [0.3, 0.4) is 0 Å². The van der Waals surface area contributed by atoms with E-state index in [0.717, 1.165) is 49.3 Å². The fourth-order valence-corrected chi connectivity index (χ4v) is 4.21. The first-order chi connectivity index (χ1) is 17.4. The third kappa shape index (κ3) is 5.15. The van der Waals surface area contributed by atoms with E-state index in [-0.39, 0.29) is 36.0 Å². The van der Waals surface area contributed by atoms with Crippen LogP contribution in [0, 0.1) is 5.82 Å². The Morgan fingerprint density at radius 3 is 2.67 bits per heavy atom. The number of benzene rings is 1. The molecule has 0 saturated carbocycles. The summed E-state index contributed by atoms with van der Waals surface area (Å²) in [5.41, 5.74) is 3.12. The lowest BCUT2D eigenvalue weighted by atomic mass is 10.00. The van der Waals surface area contributed by atoms with Crippen LogP contribution in [0.1, 0.15) is 25.3 Å². The molecule has 1 aromatic carbocycles. The van der Waals surface area contributed by atoms with Crippen LogP contribution < -0.4 is 25.6 Å². The van der Waals surface area contributed by atoms with E-state index in [0.29, 0.717) is 11.6 Å². The second-order valence-electron chi connectivity index (χ2n) is 9.24. The van der Waals surface area contributed by atoms with Gasteiger partial charge in [-0.2, -0.15) is 4.98 Å². The quantitative estimate of drug-likeness (QED) is 0.475. The van der Waals surface area contributed by atoms with Gasteiger partial charge in [-0.15, -0.1) is 0 Å². The molecule has 188 valence electrons. The maximum atomic E-state index is 14.6. The van der Waals surface area contributed by atoms with E-state index in [1.54, 1.807) is 12.1 Å². The molecule has 0 radical (unpaired) electrons. The highest BCUT2D eigenvalue weighted by Gasteiger charge is 2.19. The largest absolute Gasteiger partial charge is 0.480 e. The Morgan fingerprint density at radius 1 is 1.08 bits per heavy atom. The first-order valence-corrected chi connectivity index (χ1v) is 11.9. The number of anilines is 6. The molecule has 1 fully saturated rings. The van der Waals surface area contributed by atoms with Gasteiger partial charge < -0.3 is 30.5 Å². The zero-order chi connectivity index (χ0) is 25.2. The normalized spacial score (nSPS) is 15.8. The third-order valence-corrected chi connectivity index (χ3v) is 6.24. The van der Waals surface area contributed by atoms with Crippen molar-refractivity contribution in [3.8, 4) is 5.75 Å². The second-order valence-corrected chi connectivity index (χ2v) is 9.24. The number of nitrogens with zero attached hydrogens (tertiary/aromatic N) is 5. The van der Waals surface area contributed by atoms with Crippen LogP contribution in [0.15, 0.2) is 36.5 Å². The molecule has 2 aliphatic rings. The minimum absolute atomic E-state index is 0.0377. The average Bonchev–Trinajstić information content (AvgIpc) is 2.86. The summed E-state index contributed by atoms with van der Waals surface area (Å²) in [7, 11) is 2.13. The zero-order valence-corrected chi connectivity index (χ0v) is 20.5. The molecule has 1 amide bonds. The minimum atomic E-state index is -0.629. The highest BCUT2D eigenvalue weighted by atomic mass is 19.1. The number of ether oxygens (including phenoxy) is 1. The number of hydrogen-bond donors (Lipinski definition) is 3. The Bertz CT molecular complexity index is 1280. The molecule has 3 aromatic rings. The smallest absolute Gasteiger partial charge is 0.263 e. The molecule has 10 nitrogen and oxygen atoms in total. The topological polar surface area (TPSA) is 108 Å². The van der Waals surface area contributed by atoms with Gasteiger partial charge in [0, 0.05) is 37.6 Å². The summed E-state index contributed by atoms with van der Waals surface area (Å²) in [6, 6.07) is 9.65. The van der Waals surface area contributed by atoms with Crippen molar-refractivity contribution < 1.29 is 13.9 Å². The summed E-state index contributed by atoms with van der Waals surface area (Å²) in [6.45, 7) is 8.12. The Balaban J connectivity index is 1.39. The van der Waals surface area contributed by atoms with Gasteiger partial charge in [-0.1, -0.05) is 19.9 Å². The molecule has 36 heavy (non-hydrogen) atoms. The molecule has 0 bridgehead atoms. The van der Waals surface area contributed by atoms with Crippen molar-refractivity contribution in [3.05, 3.63) is 47.9 Å². The Labute approximate surface area is 208 Å². The highest BCUT2D eigenvalue weighted by molar-refractivity contribution is 5.94. The second kappa shape index (κ2) is 9.94. The van der Waals surface area contributed by atoms with Crippen LogP contribution in [0.5, 0.6) is 5.75 Å². The monoisotopic (exact) mass is 492 g/mol. The fraction of sp³-hybridized carbons (Fsp3) is 0.360. The number of aromatic nitrogens is 3. The average molecular weight is 493 g/mol. The van der Waals surface area contributed by atoms with Gasteiger partial charge in [-0.05, 0) is 42.8 Å². The van der Waals surface area contributed by atoms with Crippen molar-refractivity contribution in [1.29, 1.82) is 0 Å². The van der Waals surface area contributed by atoms with Crippen LogP contribution in [0.25, 0.3) is 0 Å². The van der Waals surface area contributed by atoms with Crippen LogP contribution in [-0.4, -0.2) is 65.6 Å². The number of pyridine rings is 1. The summed E-state index contributed by atoms with van der Waals surface area (Å²) < 4.78 is 19.9. The summed E-state index contributed by atoms with van der Waals surface area (Å²) in [5, 5.41) is 8.79. The SMILES string of the molecule is CC(C)c1ccc(N2CCN(C)CC2)cc1Nc1ncc(F)c(Nc2ccc3c(n2)NC(=O)CO3)n1. The van der Waals surface area contributed by atoms with Crippen molar-refractivity contribution in [2.75, 3.05) is 60.7 Å². The van der Waals surface area contributed by atoms with Crippen molar-refractivity contribution in [1.82, 2.24) is 19.9 Å². The molecular weight excluding hydrogens is 463 g/mol. The van der Waals surface area contributed by atoms with Crippen molar-refractivity contribution in [2.24, 2.45) is 0 Å². The Kier molecular flexibility index (Phi) is 6.55. The number of amides is 1. The van der Waals surface area contributed by atoms with E-state index in [1.807, 2.05) is 0 Å². The van der Waals surface area contributed by atoms with Crippen LogP contribution in [-0.2, 0) is 4.79 Å². The predicted octanol–water partition coefficient (Wildman–Crippen LogP) is 3.70. The first-order valence-electron chi connectivity index (χ1n) is 11.9. The van der Waals surface area contributed by atoms with Gasteiger partial charge in [0.25, 0.3) is 5.91 Å².